The van der Waals surface area contributed by atoms with E-state index in [-0.39, 0.29) is 36.5 Å². The maximum atomic E-state index is 12.1. The van der Waals surface area contributed by atoms with E-state index in [0.717, 1.165) is 0 Å². The van der Waals surface area contributed by atoms with E-state index in [2.05, 4.69) is 5.32 Å². The zero-order chi connectivity index (χ0) is 25.4. The Balaban J connectivity index is 1.48. The third kappa shape index (κ3) is 7.35. The van der Waals surface area contributed by atoms with Crippen LogP contribution >= 0.6 is 0 Å². The Morgan fingerprint density at radius 1 is 0.886 bits per heavy atom. The molecule has 0 radical (unpaired) electrons. The third-order valence-corrected chi connectivity index (χ3v) is 4.76. The molecule has 0 aliphatic heterocycles. The minimum absolute atomic E-state index is 0.0521. The van der Waals surface area contributed by atoms with Crippen LogP contribution in [0.5, 0.6) is 11.5 Å². The molecular formula is C24H21N3O8. The zero-order valence-corrected chi connectivity index (χ0v) is 18.6. The van der Waals surface area contributed by atoms with Crippen LogP contribution in [0.4, 0.5) is 17.1 Å². The first kappa shape index (κ1) is 24.8. The minimum atomic E-state index is -0.611. The zero-order valence-electron chi connectivity index (χ0n) is 18.6. The number of nitrogens with one attached hydrogen (secondary N) is 1. The molecule has 0 aliphatic rings. The summed E-state index contributed by atoms with van der Waals surface area (Å²) in [4.78, 5) is 45.0. The van der Waals surface area contributed by atoms with Crippen LogP contribution in [0.2, 0.25) is 0 Å². The number of anilines is 1. The van der Waals surface area contributed by atoms with Gasteiger partial charge < -0.3 is 14.8 Å². The number of rotatable bonds is 10. The normalized spacial score (nSPS) is 10.3. The van der Waals surface area contributed by atoms with E-state index in [9.17, 15) is 29.8 Å². The van der Waals surface area contributed by atoms with Gasteiger partial charge in [0.15, 0.2) is 0 Å². The molecule has 0 bridgehead atoms. The number of amides is 1. The fourth-order valence-corrected chi connectivity index (χ4v) is 3.03. The smallest absolute Gasteiger partial charge is 0.306 e. The van der Waals surface area contributed by atoms with E-state index < -0.39 is 21.7 Å². The molecule has 3 aromatic carbocycles. The van der Waals surface area contributed by atoms with Crippen LogP contribution in [-0.2, 0) is 20.9 Å². The van der Waals surface area contributed by atoms with Crippen molar-refractivity contribution in [3.63, 3.8) is 0 Å². The predicted molar refractivity (Wildman–Crippen MR) is 125 cm³/mol. The highest BCUT2D eigenvalue weighted by Crippen LogP contribution is 2.26. The number of benzene rings is 3. The average molecular weight is 479 g/mol. The highest BCUT2D eigenvalue weighted by molar-refractivity contribution is 5.94. The standard InChI is InChI=1S/C24H21N3O8/c1-16-5-10-21(22(13-16)27(32)33)25-23(28)11-12-24(29)34-15-17-3-2-4-20(14-17)35-19-8-6-18(7-9-19)26(30)31/h2-10,13-14H,11-12,15H2,1H3,(H,25,28). The molecule has 3 rings (SSSR count). The Kier molecular flexibility index (Phi) is 8.06. The van der Waals surface area contributed by atoms with Gasteiger partial charge in [0.05, 0.1) is 16.3 Å². The highest BCUT2D eigenvalue weighted by atomic mass is 16.6. The molecule has 0 saturated heterocycles. The van der Waals surface area contributed by atoms with Crippen molar-refractivity contribution in [1.82, 2.24) is 0 Å². The van der Waals surface area contributed by atoms with Gasteiger partial charge in [-0.2, -0.15) is 0 Å². The van der Waals surface area contributed by atoms with E-state index in [1.165, 1.54) is 36.4 Å². The van der Waals surface area contributed by atoms with Crippen LogP contribution in [-0.4, -0.2) is 21.7 Å². The number of esters is 1. The lowest BCUT2D eigenvalue weighted by atomic mass is 10.2. The van der Waals surface area contributed by atoms with Gasteiger partial charge in [0, 0.05) is 24.6 Å². The Morgan fingerprint density at radius 3 is 2.31 bits per heavy atom. The lowest BCUT2D eigenvalue weighted by Crippen LogP contribution is -2.15. The number of carbonyl (C=O) groups is 2. The average Bonchev–Trinajstić information content (AvgIpc) is 2.83. The van der Waals surface area contributed by atoms with Crippen molar-refractivity contribution in [2.24, 2.45) is 0 Å². The number of nitrogens with zero attached hydrogens (tertiary/aromatic N) is 2. The van der Waals surface area contributed by atoms with Crippen molar-refractivity contribution < 1.29 is 28.9 Å². The first-order valence-electron chi connectivity index (χ1n) is 10.4. The van der Waals surface area contributed by atoms with Crippen molar-refractivity contribution >= 4 is 28.9 Å². The lowest BCUT2D eigenvalue weighted by Gasteiger charge is -2.09. The molecule has 180 valence electrons. The number of hydrogen-bond acceptors (Lipinski definition) is 8. The van der Waals surface area contributed by atoms with Crippen molar-refractivity contribution in [1.29, 1.82) is 0 Å². The van der Waals surface area contributed by atoms with Gasteiger partial charge in [0.2, 0.25) is 5.91 Å². The van der Waals surface area contributed by atoms with E-state index >= 15 is 0 Å². The Hall–Kier alpha value is -4.80. The third-order valence-electron chi connectivity index (χ3n) is 4.76. The summed E-state index contributed by atoms with van der Waals surface area (Å²) in [5.74, 6) is -0.302. The van der Waals surface area contributed by atoms with Gasteiger partial charge in [-0.15, -0.1) is 0 Å². The molecule has 35 heavy (non-hydrogen) atoms. The first-order valence-corrected chi connectivity index (χ1v) is 10.4. The summed E-state index contributed by atoms with van der Waals surface area (Å²) in [5.41, 5.74) is 1.10. The lowest BCUT2D eigenvalue weighted by molar-refractivity contribution is -0.384. The minimum Gasteiger partial charge on any atom is -0.461 e. The number of aryl methyl sites for hydroxylation is 1. The van der Waals surface area contributed by atoms with Crippen LogP contribution in [0.3, 0.4) is 0 Å². The molecule has 0 fully saturated rings. The number of carbonyl (C=O) groups excluding carboxylic acids is 2. The number of nitro groups is 2. The van der Waals surface area contributed by atoms with Gasteiger partial charge >= 0.3 is 5.97 Å². The summed E-state index contributed by atoms with van der Waals surface area (Å²) in [6, 6.07) is 16.8. The van der Waals surface area contributed by atoms with E-state index in [1.54, 1.807) is 37.3 Å². The summed E-state index contributed by atoms with van der Waals surface area (Å²) < 4.78 is 10.9. The number of nitro benzene ring substituents is 2. The summed E-state index contributed by atoms with van der Waals surface area (Å²) in [6.07, 6.45) is -0.405. The molecule has 3 aromatic rings. The van der Waals surface area contributed by atoms with Gasteiger partial charge in [-0.1, -0.05) is 18.2 Å². The van der Waals surface area contributed by atoms with E-state index in [1.807, 2.05) is 0 Å². The number of ether oxygens (including phenoxy) is 2. The second-order valence-corrected chi connectivity index (χ2v) is 7.49. The monoisotopic (exact) mass is 479 g/mol. The second kappa shape index (κ2) is 11.4. The number of hydrogen-bond donors (Lipinski definition) is 1. The highest BCUT2D eigenvalue weighted by Gasteiger charge is 2.17. The van der Waals surface area contributed by atoms with Crippen LogP contribution in [0.15, 0.2) is 66.7 Å². The molecule has 1 N–H and O–H groups in total. The quantitative estimate of drug-likeness (QED) is 0.240. The molecule has 11 nitrogen and oxygen atoms in total. The van der Waals surface area contributed by atoms with Crippen molar-refractivity contribution in [3.8, 4) is 11.5 Å². The molecule has 0 unspecified atom stereocenters. The van der Waals surface area contributed by atoms with Gasteiger partial charge in [-0.05, 0) is 48.4 Å². The van der Waals surface area contributed by atoms with Gasteiger partial charge in [0.1, 0.15) is 23.8 Å². The molecular weight excluding hydrogens is 458 g/mol. The number of non-ortho nitro benzene ring substituents is 1. The molecule has 0 spiro atoms. The van der Waals surface area contributed by atoms with Crippen molar-refractivity contribution in [3.05, 3.63) is 98.1 Å². The SMILES string of the molecule is Cc1ccc(NC(=O)CCC(=O)OCc2cccc(Oc3ccc([N+](=O)[O-])cc3)c2)c([N+](=O)[O-])c1. The molecule has 0 aromatic heterocycles. The van der Waals surface area contributed by atoms with Crippen LogP contribution in [0.25, 0.3) is 0 Å². The maximum Gasteiger partial charge on any atom is 0.306 e. The van der Waals surface area contributed by atoms with E-state index in [0.29, 0.717) is 22.6 Å². The van der Waals surface area contributed by atoms with E-state index in [4.69, 9.17) is 9.47 Å². The summed E-state index contributed by atoms with van der Waals surface area (Å²) >= 11 is 0. The van der Waals surface area contributed by atoms with Gasteiger partial charge in [-0.25, -0.2) is 0 Å². The largest absolute Gasteiger partial charge is 0.461 e. The van der Waals surface area contributed by atoms with Crippen molar-refractivity contribution in [2.75, 3.05) is 5.32 Å². The first-order chi connectivity index (χ1) is 16.7. The van der Waals surface area contributed by atoms with Gasteiger partial charge in [-0.3, -0.25) is 29.8 Å². The summed E-state index contributed by atoms with van der Waals surface area (Å²) in [7, 11) is 0. The molecule has 0 atom stereocenters. The van der Waals surface area contributed by atoms with Crippen LogP contribution in [0.1, 0.15) is 24.0 Å². The van der Waals surface area contributed by atoms with Crippen LogP contribution < -0.4 is 10.1 Å². The van der Waals surface area contributed by atoms with Gasteiger partial charge in [0.25, 0.3) is 11.4 Å². The fraction of sp³-hybridized carbons (Fsp3) is 0.167. The Morgan fingerprint density at radius 2 is 1.63 bits per heavy atom. The molecule has 1 amide bonds. The van der Waals surface area contributed by atoms with Crippen LogP contribution in [0, 0.1) is 27.2 Å². The molecule has 11 heteroatoms. The predicted octanol–water partition coefficient (Wildman–Crippen LogP) is 5.07. The Labute approximate surface area is 199 Å². The second-order valence-electron chi connectivity index (χ2n) is 7.49. The fourth-order valence-electron chi connectivity index (χ4n) is 3.03. The summed E-state index contributed by atoms with van der Waals surface area (Å²) in [5, 5.41) is 24.3. The summed E-state index contributed by atoms with van der Waals surface area (Å²) in [6.45, 7) is 1.65. The maximum absolute atomic E-state index is 12.1. The Bertz CT molecular complexity index is 1260. The molecule has 0 aliphatic carbocycles. The van der Waals surface area contributed by atoms with Crippen molar-refractivity contribution in [2.45, 2.75) is 26.4 Å². The molecule has 0 heterocycles. The molecule has 0 saturated carbocycles. The topological polar surface area (TPSA) is 151 Å².